The number of hydrogen-bond acceptors (Lipinski definition) is 2. The normalized spacial score (nSPS) is 12.3. The van der Waals surface area contributed by atoms with E-state index in [4.69, 9.17) is 9.47 Å². The third-order valence-electron chi connectivity index (χ3n) is 1.96. The summed E-state index contributed by atoms with van der Waals surface area (Å²) >= 11 is 0. The van der Waals surface area contributed by atoms with Gasteiger partial charge in [-0.15, -0.1) is 6.58 Å². The number of rotatable bonds is 7. The van der Waals surface area contributed by atoms with Gasteiger partial charge in [0.1, 0.15) is 0 Å². The molecule has 2 nitrogen and oxygen atoms in total. The third kappa shape index (κ3) is 5.35. The SMILES string of the molecule is C=CCO[C@H](C)COCc1ccccc1. The molecule has 15 heavy (non-hydrogen) atoms. The van der Waals surface area contributed by atoms with Gasteiger partial charge in [0.2, 0.25) is 0 Å². The van der Waals surface area contributed by atoms with E-state index in [0.29, 0.717) is 19.8 Å². The van der Waals surface area contributed by atoms with Crippen LogP contribution in [0.5, 0.6) is 0 Å². The van der Waals surface area contributed by atoms with Crippen molar-refractivity contribution < 1.29 is 9.47 Å². The van der Waals surface area contributed by atoms with Gasteiger partial charge in [-0.25, -0.2) is 0 Å². The zero-order valence-electron chi connectivity index (χ0n) is 9.19. The van der Waals surface area contributed by atoms with Crippen LogP contribution in [0.25, 0.3) is 0 Å². The van der Waals surface area contributed by atoms with Crippen molar-refractivity contribution in [3.8, 4) is 0 Å². The lowest BCUT2D eigenvalue weighted by atomic mass is 10.2. The molecule has 0 radical (unpaired) electrons. The molecule has 82 valence electrons. The molecule has 0 aliphatic rings. The topological polar surface area (TPSA) is 18.5 Å². The van der Waals surface area contributed by atoms with E-state index < -0.39 is 0 Å². The van der Waals surface area contributed by atoms with Gasteiger partial charge < -0.3 is 9.47 Å². The van der Waals surface area contributed by atoms with Crippen molar-refractivity contribution in [2.75, 3.05) is 13.2 Å². The quantitative estimate of drug-likeness (QED) is 0.639. The molecule has 0 bridgehead atoms. The summed E-state index contributed by atoms with van der Waals surface area (Å²) in [6.07, 6.45) is 1.86. The minimum absolute atomic E-state index is 0.117. The van der Waals surface area contributed by atoms with E-state index in [0.717, 1.165) is 0 Å². The third-order valence-corrected chi connectivity index (χ3v) is 1.96. The second-order valence-corrected chi connectivity index (χ2v) is 3.43. The predicted octanol–water partition coefficient (Wildman–Crippen LogP) is 2.79. The second kappa shape index (κ2) is 7.21. The lowest BCUT2D eigenvalue weighted by Gasteiger charge is -2.11. The molecule has 1 aromatic rings. The van der Waals surface area contributed by atoms with Gasteiger partial charge in [-0.3, -0.25) is 0 Å². The van der Waals surface area contributed by atoms with Gasteiger partial charge in [0.25, 0.3) is 0 Å². The van der Waals surface area contributed by atoms with E-state index in [1.807, 2.05) is 25.1 Å². The van der Waals surface area contributed by atoms with E-state index in [9.17, 15) is 0 Å². The molecule has 1 aromatic carbocycles. The summed E-state index contributed by atoms with van der Waals surface area (Å²) in [4.78, 5) is 0. The molecule has 0 aliphatic heterocycles. The van der Waals surface area contributed by atoms with Crippen LogP contribution < -0.4 is 0 Å². The van der Waals surface area contributed by atoms with Crippen LogP contribution in [0.1, 0.15) is 12.5 Å². The Bertz CT molecular complexity index is 269. The Kier molecular flexibility index (Phi) is 5.74. The van der Waals surface area contributed by atoms with Crippen LogP contribution in [0.15, 0.2) is 43.0 Å². The van der Waals surface area contributed by atoms with Crippen LogP contribution in [0.4, 0.5) is 0 Å². The molecular formula is C13H18O2. The molecule has 0 unspecified atom stereocenters. The Morgan fingerprint density at radius 1 is 1.33 bits per heavy atom. The van der Waals surface area contributed by atoms with Crippen LogP contribution in [-0.4, -0.2) is 19.3 Å². The van der Waals surface area contributed by atoms with Gasteiger partial charge in [-0.1, -0.05) is 36.4 Å². The molecule has 0 aliphatic carbocycles. The molecule has 2 heteroatoms. The smallest absolute Gasteiger partial charge is 0.0784 e. The van der Waals surface area contributed by atoms with Crippen LogP contribution in [0.2, 0.25) is 0 Å². The highest BCUT2D eigenvalue weighted by Gasteiger charge is 2.00. The monoisotopic (exact) mass is 206 g/mol. The van der Waals surface area contributed by atoms with Gasteiger partial charge in [-0.2, -0.15) is 0 Å². The fourth-order valence-electron chi connectivity index (χ4n) is 1.20. The summed E-state index contributed by atoms with van der Waals surface area (Å²) in [5.74, 6) is 0. The highest BCUT2D eigenvalue weighted by molar-refractivity contribution is 5.13. The fourth-order valence-corrected chi connectivity index (χ4v) is 1.20. The minimum Gasteiger partial charge on any atom is -0.374 e. The fraction of sp³-hybridized carbons (Fsp3) is 0.385. The van der Waals surface area contributed by atoms with Crippen molar-refractivity contribution in [2.45, 2.75) is 19.6 Å². The average molecular weight is 206 g/mol. The lowest BCUT2D eigenvalue weighted by molar-refractivity contribution is -0.00145. The molecule has 0 N–H and O–H groups in total. The van der Waals surface area contributed by atoms with Crippen molar-refractivity contribution in [3.63, 3.8) is 0 Å². The molecule has 0 fully saturated rings. The van der Waals surface area contributed by atoms with E-state index in [-0.39, 0.29) is 6.10 Å². The summed E-state index contributed by atoms with van der Waals surface area (Å²) < 4.78 is 10.9. The number of benzene rings is 1. The second-order valence-electron chi connectivity index (χ2n) is 3.43. The first-order valence-electron chi connectivity index (χ1n) is 5.17. The van der Waals surface area contributed by atoms with Gasteiger partial charge >= 0.3 is 0 Å². The molecule has 0 spiro atoms. The van der Waals surface area contributed by atoms with E-state index in [1.165, 1.54) is 5.56 Å². The maximum Gasteiger partial charge on any atom is 0.0784 e. The Labute approximate surface area is 91.5 Å². The average Bonchev–Trinajstić information content (AvgIpc) is 2.28. The summed E-state index contributed by atoms with van der Waals surface area (Å²) in [6, 6.07) is 10.1. The highest BCUT2D eigenvalue weighted by atomic mass is 16.5. The molecular weight excluding hydrogens is 188 g/mol. The van der Waals surface area contributed by atoms with E-state index in [1.54, 1.807) is 6.08 Å². The number of ether oxygens (including phenoxy) is 2. The maximum atomic E-state index is 5.52. The lowest BCUT2D eigenvalue weighted by Crippen LogP contribution is -2.15. The van der Waals surface area contributed by atoms with Crippen LogP contribution in [-0.2, 0) is 16.1 Å². The molecule has 0 heterocycles. The van der Waals surface area contributed by atoms with Crippen molar-refractivity contribution in [3.05, 3.63) is 48.6 Å². The predicted molar refractivity (Wildman–Crippen MR) is 61.7 cm³/mol. The van der Waals surface area contributed by atoms with Crippen LogP contribution in [0.3, 0.4) is 0 Å². The zero-order chi connectivity index (χ0) is 10.9. The summed E-state index contributed by atoms with van der Waals surface area (Å²) in [7, 11) is 0. The first kappa shape index (κ1) is 12.0. The zero-order valence-corrected chi connectivity index (χ0v) is 9.19. The van der Waals surface area contributed by atoms with Crippen LogP contribution in [0, 0.1) is 0 Å². The molecule has 1 rings (SSSR count). The van der Waals surface area contributed by atoms with Gasteiger partial charge in [0.05, 0.1) is 25.9 Å². The summed E-state index contributed by atoms with van der Waals surface area (Å²) in [6.45, 7) is 7.42. The van der Waals surface area contributed by atoms with Crippen molar-refractivity contribution in [2.24, 2.45) is 0 Å². The largest absolute Gasteiger partial charge is 0.374 e. The molecule has 1 atom stereocenters. The Morgan fingerprint density at radius 3 is 2.73 bits per heavy atom. The van der Waals surface area contributed by atoms with Gasteiger partial charge in [0, 0.05) is 0 Å². The van der Waals surface area contributed by atoms with Crippen molar-refractivity contribution in [1.82, 2.24) is 0 Å². The van der Waals surface area contributed by atoms with E-state index >= 15 is 0 Å². The first-order chi connectivity index (χ1) is 7.33. The highest BCUT2D eigenvalue weighted by Crippen LogP contribution is 2.01. The van der Waals surface area contributed by atoms with Crippen molar-refractivity contribution in [1.29, 1.82) is 0 Å². The maximum absolute atomic E-state index is 5.52. The Hall–Kier alpha value is -1.12. The standard InChI is InChI=1S/C13H18O2/c1-3-9-15-12(2)10-14-11-13-7-5-4-6-8-13/h3-8,12H,1,9-11H2,2H3/t12-/m1/s1. The van der Waals surface area contributed by atoms with Gasteiger partial charge in [-0.05, 0) is 12.5 Å². The minimum atomic E-state index is 0.117. The Morgan fingerprint density at radius 2 is 2.07 bits per heavy atom. The van der Waals surface area contributed by atoms with Crippen molar-refractivity contribution >= 4 is 0 Å². The molecule has 0 saturated heterocycles. The van der Waals surface area contributed by atoms with Crippen LogP contribution >= 0.6 is 0 Å². The van der Waals surface area contributed by atoms with E-state index in [2.05, 4.69) is 18.7 Å². The summed E-state index contributed by atoms with van der Waals surface area (Å²) in [5.41, 5.74) is 1.19. The molecule has 0 saturated carbocycles. The van der Waals surface area contributed by atoms with Gasteiger partial charge in [0.15, 0.2) is 0 Å². The molecule has 0 amide bonds. The summed E-state index contributed by atoms with van der Waals surface area (Å²) in [5, 5.41) is 0. The first-order valence-corrected chi connectivity index (χ1v) is 5.17. The Balaban J connectivity index is 2.13. The number of hydrogen-bond donors (Lipinski definition) is 0. The molecule has 0 aromatic heterocycles.